The van der Waals surface area contributed by atoms with E-state index < -0.39 is 77.2 Å². The normalized spacial score (nSPS) is 15.2. The number of allylic oxidation sites excluding steroid dienone is 1. The zero-order chi connectivity index (χ0) is 88.9. The molecule has 2 aliphatic carbocycles. The van der Waals surface area contributed by atoms with E-state index in [0.29, 0.717) is 33.7 Å². The Bertz CT molecular complexity index is 6320. The molecule has 1 fully saturated rings. The average Bonchev–Trinajstić information content (AvgIpc) is 1.59. The van der Waals surface area contributed by atoms with Gasteiger partial charge >= 0.3 is 29.8 Å². The molecule has 1 saturated carbocycles. The summed E-state index contributed by atoms with van der Waals surface area (Å²) in [6, 6.07) is 63.0. The van der Waals surface area contributed by atoms with Gasteiger partial charge in [0, 0.05) is 58.5 Å². The summed E-state index contributed by atoms with van der Waals surface area (Å²) in [5.41, 5.74) is 16.3. The van der Waals surface area contributed by atoms with Crippen molar-refractivity contribution in [2.45, 2.75) is 226 Å². The first kappa shape index (κ1) is 91.6. The van der Waals surface area contributed by atoms with Crippen molar-refractivity contribution in [1.82, 2.24) is 13.7 Å². The standard InChI is InChI=1S/C62H75N3O7S3.C42H33N3O5S/c1-5-9-13-17-24-43-34-54(73-53(43)37-51-61(70)65(40-57(68)69)60(50(38-63)62(71)72)64(51)39-56(66)67)58-46(26-19-15-11-7-3)36-55(75-58)59-45(25-18-14-10-6-2)35-52(74-59)44-31-32-48-42(33-44)30-29-41-23-21-22-27-47(41)49(48)28-20-16-12-8-4;43-25-35(42(49)50)41-44(26-39(46)47)40(48)38(51-41)16-7-9-27-19-22-37-34(24-27)32-14-8-15-36(32)45(37)31-20-17-28(18-21-31)23-33(29-10-3-1-4-11-29)30-12-5-2-6-13-30/h21-23,27,31-37,49H,5-20,24-26,28-30,39-40H2,1-4H3,(H,66,67)(H,68,69)(H,71,72);1-7,9-13,16-24,32,36H,8,14-15,26H2,(H,46,47)(H,49,50)/b51-37+,60-50-;9-7+,38-16-,41-35+. The number of aromatic nitrogens is 3. The number of fused-ring (bicyclic) bond motifs is 5. The van der Waals surface area contributed by atoms with Crippen molar-refractivity contribution in [3.8, 4) is 42.1 Å². The van der Waals surface area contributed by atoms with Crippen LogP contribution in [0.3, 0.4) is 0 Å². The zero-order valence-corrected chi connectivity index (χ0v) is 75.2. The van der Waals surface area contributed by atoms with Gasteiger partial charge in [-0.3, -0.25) is 33.1 Å². The molecule has 3 aliphatic rings. The Kier molecular flexibility index (Phi) is 31.8. The molecule has 0 spiro atoms. The smallest absolute Gasteiger partial charge is 0.350 e. The molecule has 0 radical (unpaired) electrons. The third-order valence-electron chi connectivity index (χ3n) is 24.2. The molecular weight excluding hydrogens is 1650 g/mol. The number of unbranched alkanes of at least 4 members (excludes halogenated alkanes) is 12. The lowest BCUT2D eigenvalue weighted by atomic mass is 9.83. The predicted octanol–water partition coefficient (Wildman–Crippen LogP) is 20.8. The maximum Gasteiger partial charge on any atom is 0.350 e. The number of aryl methyl sites for hydroxylation is 5. The Morgan fingerprint density at radius 3 is 1.64 bits per heavy atom. The molecule has 0 amide bonds. The van der Waals surface area contributed by atoms with Crippen molar-refractivity contribution in [2.24, 2.45) is 0 Å². The summed E-state index contributed by atoms with van der Waals surface area (Å²) in [6.45, 7) is 6.36. The van der Waals surface area contributed by atoms with Crippen LogP contribution in [-0.4, -0.2) is 75.1 Å². The Labute approximate surface area is 751 Å². The second kappa shape index (κ2) is 43.7. The van der Waals surface area contributed by atoms with Crippen LogP contribution in [0.15, 0.2) is 179 Å². The van der Waals surface area contributed by atoms with E-state index >= 15 is 0 Å². The first-order chi connectivity index (χ1) is 61.2. The Hall–Kier alpha value is -12.1. The van der Waals surface area contributed by atoms with Gasteiger partial charge in [0.1, 0.15) is 47.3 Å². The number of hydrogen-bond donors (Lipinski definition) is 5. The van der Waals surface area contributed by atoms with Crippen LogP contribution in [0.1, 0.15) is 240 Å². The summed E-state index contributed by atoms with van der Waals surface area (Å²) >= 11 is 6.01. The second-order valence-corrected chi connectivity index (χ2v) is 37.1. The molecule has 22 heteroatoms. The predicted molar refractivity (Wildman–Crippen MR) is 509 cm³/mol. The maximum absolute atomic E-state index is 14.2. The van der Waals surface area contributed by atoms with E-state index in [-0.39, 0.29) is 14.5 Å². The molecule has 5 N–H and O–H groups in total. The van der Waals surface area contributed by atoms with Crippen LogP contribution in [0.5, 0.6) is 0 Å². The van der Waals surface area contributed by atoms with Crippen molar-refractivity contribution in [3.05, 3.63) is 282 Å². The SMILES string of the molecule is CCCCCCc1cc(-c2sc(-c3sc(-c4ccc5c(c4)CCc4ccccc4C5CCCCCC)cc3CCCCCC)cc2CCCCCC)sc1/C=c1\c(=O)n(CC(=O)O)/c(=C(/C#N)C(=O)O)n1CC(=O)O.N#C/C(C(=O)O)=c1\s/c(=C\C=C\c2ccc3c(c2)C2CCCC2N3c2ccc(C=C(c3ccccc3)c3ccccc3)cc2)c(=O)n1CC(=O)O. The molecule has 3 atom stereocenters. The fraction of sp³-hybridized carbons (Fsp3) is 0.337. The van der Waals surface area contributed by atoms with Gasteiger partial charge in [0.05, 0.1) is 4.53 Å². The van der Waals surface area contributed by atoms with E-state index in [2.05, 4.69) is 184 Å². The first-order valence-electron chi connectivity index (χ1n) is 44.3. The van der Waals surface area contributed by atoms with E-state index in [0.717, 1.165) is 162 Å². The number of carboxylic acids is 5. The number of thiazole rings is 1. The number of carboxylic acid groups (broad SMARTS) is 5. The van der Waals surface area contributed by atoms with E-state index in [1.807, 2.05) is 46.9 Å². The van der Waals surface area contributed by atoms with Gasteiger partial charge < -0.3 is 35.0 Å². The number of anilines is 2. The molecule has 6 aromatic carbocycles. The van der Waals surface area contributed by atoms with Gasteiger partial charge in [-0.05, 0) is 209 Å². The molecule has 126 heavy (non-hydrogen) atoms. The highest BCUT2D eigenvalue weighted by molar-refractivity contribution is 7.27. The van der Waals surface area contributed by atoms with Gasteiger partial charge in [0.25, 0.3) is 11.1 Å². The number of benzene rings is 6. The van der Waals surface area contributed by atoms with Crippen LogP contribution < -0.4 is 36.0 Å². The molecule has 650 valence electrons. The molecule has 5 aromatic heterocycles. The minimum atomic E-state index is -1.70. The fourth-order valence-corrected chi connectivity index (χ4v) is 23.0. The number of hydrogen-bond acceptors (Lipinski definition) is 14. The van der Waals surface area contributed by atoms with Crippen LogP contribution in [0, 0.1) is 22.7 Å². The third kappa shape index (κ3) is 21.7. The number of nitrogens with zero attached hydrogens (tertiary/aromatic N) is 6. The lowest BCUT2D eigenvalue weighted by molar-refractivity contribution is -0.138. The number of aliphatic carboxylic acids is 5. The highest BCUT2D eigenvalue weighted by atomic mass is 32.1. The maximum atomic E-state index is 14.2. The molecule has 18 nitrogen and oxygen atoms in total. The van der Waals surface area contributed by atoms with Crippen LogP contribution in [0.2, 0.25) is 0 Å². The van der Waals surface area contributed by atoms with E-state index in [9.17, 15) is 69.6 Å². The minimum Gasteiger partial charge on any atom is -0.480 e. The summed E-state index contributed by atoms with van der Waals surface area (Å²) in [6.07, 6.45) is 36.2. The molecule has 0 saturated heterocycles. The summed E-state index contributed by atoms with van der Waals surface area (Å²) in [4.78, 5) is 96.2. The summed E-state index contributed by atoms with van der Waals surface area (Å²) in [5.74, 6) is -6.55. The molecular formula is C104H108N6O12S4. The van der Waals surface area contributed by atoms with Gasteiger partial charge in [-0.1, -0.05) is 251 Å². The van der Waals surface area contributed by atoms with Crippen LogP contribution in [0.25, 0.3) is 71.0 Å². The van der Waals surface area contributed by atoms with Crippen molar-refractivity contribution < 1.29 is 49.5 Å². The minimum absolute atomic E-state index is 0.137. The zero-order valence-electron chi connectivity index (χ0n) is 71.9. The van der Waals surface area contributed by atoms with Crippen molar-refractivity contribution in [3.63, 3.8) is 0 Å². The molecule has 3 unspecified atom stereocenters. The lowest BCUT2D eigenvalue weighted by Crippen LogP contribution is -2.37. The number of thiophene rings is 3. The number of nitriles is 2. The van der Waals surface area contributed by atoms with Gasteiger partial charge in [-0.15, -0.1) is 45.3 Å². The quantitative estimate of drug-likeness (QED) is 0.0178. The average molecular weight is 1760 g/mol. The van der Waals surface area contributed by atoms with Crippen LogP contribution in [0.4, 0.5) is 11.4 Å². The molecule has 14 rings (SSSR count). The van der Waals surface area contributed by atoms with Crippen molar-refractivity contribution >= 4 is 128 Å². The fourth-order valence-electron chi connectivity index (χ4n) is 18.1. The molecule has 6 heterocycles. The van der Waals surface area contributed by atoms with Gasteiger partial charge in [0.2, 0.25) is 0 Å². The molecule has 11 aromatic rings. The first-order valence-corrected chi connectivity index (χ1v) is 47.5. The second-order valence-electron chi connectivity index (χ2n) is 32.8. The summed E-state index contributed by atoms with van der Waals surface area (Å²) in [7, 11) is 0. The summed E-state index contributed by atoms with van der Waals surface area (Å²) < 4.78 is 2.41. The van der Waals surface area contributed by atoms with Crippen LogP contribution in [-0.2, 0) is 75.7 Å². The lowest BCUT2D eigenvalue weighted by Gasteiger charge is -2.27. The Morgan fingerprint density at radius 1 is 0.492 bits per heavy atom. The Balaban J connectivity index is 0.000000231. The highest BCUT2D eigenvalue weighted by Crippen LogP contribution is 2.54. The topological polar surface area (TPSA) is 286 Å². The molecule has 1 aliphatic heterocycles. The third-order valence-corrected chi connectivity index (χ3v) is 29.2. The number of carbonyl (C=O) groups is 5. The molecule has 0 bridgehead atoms. The monoisotopic (exact) mass is 1760 g/mol. The number of rotatable bonds is 38. The number of imidazole rings is 1. The van der Waals surface area contributed by atoms with Crippen molar-refractivity contribution in [1.29, 1.82) is 10.5 Å². The van der Waals surface area contributed by atoms with E-state index in [4.69, 9.17) is 0 Å². The van der Waals surface area contributed by atoms with E-state index in [1.165, 1.54) is 144 Å². The van der Waals surface area contributed by atoms with Crippen LogP contribution >= 0.6 is 45.3 Å². The van der Waals surface area contributed by atoms with E-state index in [1.54, 1.807) is 24.3 Å². The highest BCUT2D eigenvalue weighted by Gasteiger charge is 2.42. The summed E-state index contributed by atoms with van der Waals surface area (Å²) in [5, 5.41) is 67.7. The Morgan fingerprint density at radius 2 is 1.03 bits per heavy atom. The van der Waals surface area contributed by atoms with Gasteiger partial charge in [-0.25, -0.2) is 9.59 Å². The van der Waals surface area contributed by atoms with Crippen molar-refractivity contribution in [2.75, 3.05) is 4.90 Å². The van der Waals surface area contributed by atoms with Gasteiger partial charge in [-0.2, -0.15) is 10.5 Å². The largest absolute Gasteiger partial charge is 0.480 e. The van der Waals surface area contributed by atoms with Gasteiger partial charge in [0.15, 0.2) is 11.1 Å².